The fourth-order valence-corrected chi connectivity index (χ4v) is 5.08. The van der Waals surface area contributed by atoms with Gasteiger partial charge in [0.05, 0.1) is 15.7 Å². The number of rotatable bonds is 5. The smallest absolute Gasteiger partial charge is 0.226 e. The highest BCUT2D eigenvalue weighted by molar-refractivity contribution is 7.99. The number of pyridine rings is 1. The van der Waals surface area contributed by atoms with Gasteiger partial charge in [-0.15, -0.1) is 10.2 Å². The van der Waals surface area contributed by atoms with Crippen LogP contribution in [0.1, 0.15) is 12.0 Å². The first kappa shape index (κ1) is 18.1. The second kappa shape index (κ2) is 7.46. The first-order valence-electron chi connectivity index (χ1n) is 9.20. The SMILES string of the molecule is Cc1ccc2nc(NC(=O)CCSc3nnc4ccc5ccccc5n34)sc2c1. The quantitative estimate of drug-likeness (QED) is 0.409. The number of anilines is 1. The molecule has 0 aliphatic carbocycles. The Morgan fingerprint density at radius 1 is 1.14 bits per heavy atom. The molecule has 0 aliphatic rings. The zero-order valence-electron chi connectivity index (χ0n) is 15.6. The van der Waals surface area contributed by atoms with Crippen LogP contribution in [0.5, 0.6) is 0 Å². The summed E-state index contributed by atoms with van der Waals surface area (Å²) >= 11 is 3.03. The van der Waals surface area contributed by atoms with E-state index < -0.39 is 0 Å². The average Bonchev–Trinajstić information content (AvgIpc) is 3.31. The van der Waals surface area contributed by atoms with Crippen molar-refractivity contribution in [2.75, 3.05) is 11.1 Å². The summed E-state index contributed by atoms with van der Waals surface area (Å²) in [7, 11) is 0. The van der Waals surface area contributed by atoms with E-state index in [9.17, 15) is 4.79 Å². The summed E-state index contributed by atoms with van der Waals surface area (Å²) in [5.41, 5.74) is 3.96. The molecule has 8 heteroatoms. The number of nitrogens with zero attached hydrogens (tertiary/aromatic N) is 4. The predicted molar refractivity (Wildman–Crippen MR) is 119 cm³/mol. The van der Waals surface area contributed by atoms with Crippen LogP contribution in [0.2, 0.25) is 0 Å². The highest BCUT2D eigenvalue weighted by atomic mass is 32.2. The molecule has 5 rings (SSSR count). The maximum atomic E-state index is 12.4. The molecule has 1 N–H and O–H groups in total. The molecule has 29 heavy (non-hydrogen) atoms. The standard InChI is InChI=1S/C21H17N5OS2/c1-13-6-8-15-17(12-13)29-20(22-15)23-19(27)10-11-28-21-25-24-18-9-7-14-4-2-3-5-16(14)26(18)21/h2-9,12H,10-11H2,1H3,(H,22,23,27). The van der Waals surface area contributed by atoms with Crippen LogP contribution in [0, 0.1) is 6.92 Å². The highest BCUT2D eigenvalue weighted by Crippen LogP contribution is 2.27. The molecule has 5 aromatic rings. The first-order chi connectivity index (χ1) is 14.2. The number of hydrogen-bond acceptors (Lipinski definition) is 6. The van der Waals surface area contributed by atoms with Crippen LogP contribution < -0.4 is 5.32 Å². The normalized spacial score (nSPS) is 11.5. The Labute approximate surface area is 175 Å². The Morgan fingerprint density at radius 3 is 2.97 bits per heavy atom. The predicted octanol–water partition coefficient (Wildman–Crippen LogP) is 4.92. The fourth-order valence-electron chi connectivity index (χ4n) is 3.21. The van der Waals surface area contributed by atoms with Crippen molar-refractivity contribution >= 4 is 60.9 Å². The molecule has 3 aromatic heterocycles. The minimum absolute atomic E-state index is 0.0491. The van der Waals surface area contributed by atoms with Crippen LogP contribution >= 0.6 is 23.1 Å². The van der Waals surface area contributed by atoms with Gasteiger partial charge in [-0.25, -0.2) is 4.98 Å². The summed E-state index contributed by atoms with van der Waals surface area (Å²) in [4.78, 5) is 16.8. The van der Waals surface area contributed by atoms with Gasteiger partial charge < -0.3 is 5.32 Å². The topological polar surface area (TPSA) is 72.2 Å². The number of hydrogen-bond donors (Lipinski definition) is 1. The Kier molecular flexibility index (Phi) is 4.65. The van der Waals surface area contributed by atoms with Crippen molar-refractivity contribution in [1.82, 2.24) is 19.6 Å². The van der Waals surface area contributed by atoms with Gasteiger partial charge >= 0.3 is 0 Å². The molecule has 0 bridgehead atoms. The van der Waals surface area contributed by atoms with Crippen molar-refractivity contribution < 1.29 is 4.79 Å². The molecule has 1 amide bonds. The van der Waals surface area contributed by atoms with E-state index in [4.69, 9.17) is 0 Å². The second-order valence-corrected chi connectivity index (χ2v) is 8.80. The monoisotopic (exact) mass is 419 g/mol. The Balaban J connectivity index is 1.27. The van der Waals surface area contributed by atoms with Crippen LogP contribution in [0.3, 0.4) is 0 Å². The summed E-state index contributed by atoms with van der Waals surface area (Å²) in [5, 5.41) is 14.0. The summed E-state index contributed by atoms with van der Waals surface area (Å²) in [6, 6.07) is 18.2. The Bertz CT molecular complexity index is 1360. The van der Waals surface area contributed by atoms with E-state index in [0.29, 0.717) is 17.3 Å². The Hall–Kier alpha value is -2.97. The van der Waals surface area contributed by atoms with Gasteiger partial charge in [0.1, 0.15) is 0 Å². The van der Waals surface area contributed by atoms with Gasteiger partial charge in [0.2, 0.25) is 5.91 Å². The minimum Gasteiger partial charge on any atom is -0.302 e. The number of aromatic nitrogens is 4. The van der Waals surface area contributed by atoms with Crippen LogP contribution in [0.25, 0.3) is 26.8 Å². The molecular formula is C21H17N5OS2. The van der Waals surface area contributed by atoms with Crippen molar-refractivity contribution in [2.45, 2.75) is 18.5 Å². The van der Waals surface area contributed by atoms with Gasteiger partial charge in [0, 0.05) is 12.2 Å². The van der Waals surface area contributed by atoms with Gasteiger partial charge in [-0.05, 0) is 48.2 Å². The van der Waals surface area contributed by atoms with Gasteiger partial charge in [-0.1, -0.05) is 47.4 Å². The van der Waals surface area contributed by atoms with Crippen LogP contribution in [0.15, 0.2) is 59.8 Å². The van der Waals surface area contributed by atoms with E-state index in [1.807, 2.05) is 47.7 Å². The first-order valence-corrected chi connectivity index (χ1v) is 11.0. The number of benzene rings is 2. The molecule has 0 saturated heterocycles. The lowest BCUT2D eigenvalue weighted by Gasteiger charge is -2.04. The molecule has 2 aromatic carbocycles. The van der Waals surface area contributed by atoms with Crippen LogP contribution in [0.4, 0.5) is 5.13 Å². The molecule has 0 radical (unpaired) electrons. The van der Waals surface area contributed by atoms with Gasteiger partial charge in [-0.3, -0.25) is 9.20 Å². The molecular weight excluding hydrogens is 402 g/mol. The van der Waals surface area contributed by atoms with E-state index in [-0.39, 0.29) is 5.91 Å². The number of fused-ring (bicyclic) bond motifs is 4. The summed E-state index contributed by atoms with van der Waals surface area (Å²) in [6.45, 7) is 2.05. The zero-order valence-corrected chi connectivity index (χ0v) is 17.3. The molecule has 0 spiro atoms. The number of para-hydroxylation sites is 1. The van der Waals surface area contributed by atoms with E-state index in [2.05, 4.69) is 38.7 Å². The lowest BCUT2D eigenvalue weighted by Crippen LogP contribution is -2.12. The van der Waals surface area contributed by atoms with E-state index in [1.54, 1.807) is 0 Å². The number of thioether (sulfide) groups is 1. The number of carbonyl (C=O) groups is 1. The lowest BCUT2D eigenvalue weighted by atomic mass is 10.2. The lowest BCUT2D eigenvalue weighted by molar-refractivity contribution is -0.115. The number of amides is 1. The third kappa shape index (κ3) is 3.56. The molecule has 0 fully saturated rings. The second-order valence-electron chi connectivity index (χ2n) is 6.71. The van der Waals surface area contributed by atoms with E-state index in [0.717, 1.165) is 31.9 Å². The maximum absolute atomic E-state index is 12.4. The number of aryl methyl sites for hydroxylation is 1. The van der Waals surface area contributed by atoms with E-state index in [1.165, 1.54) is 28.7 Å². The Morgan fingerprint density at radius 2 is 2.03 bits per heavy atom. The van der Waals surface area contributed by atoms with Crippen LogP contribution in [-0.4, -0.2) is 31.2 Å². The summed E-state index contributed by atoms with van der Waals surface area (Å²) in [5.74, 6) is 0.562. The molecule has 3 heterocycles. The van der Waals surface area contributed by atoms with Crippen molar-refractivity contribution in [3.05, 3.63) is 60.2 Å². The third-order valence-electron chi connectivity index (χ3n) is 4.60. The number of carbonyl (C=O) groups excluding carboxylic acids is 1. The molecule has 6 nitrogen and oxygen atoms in total. The molecule has 0 unspecified atom stereocenters. The van der Waals surface area contributed by atoms with Gasteiger partial charge in [0.25, 0.3) is 0 Å². The molecule has 144 valence electrons. The average molecular weight is 420 g/mol. The van der Waals surface area contributed by atoms with Gasteiger partial charge in [-0.2, -0.15) is 0 Å². The van der Waals surface area contributed by atoms with Crippen molar-refractivity contribution in [1.29, 1.82) is 0 Å². The van der Waals surface area contributed by atoms with Crippen LogP contribution in [-0.2, 0) is 4.79 Å². The largest absolute Gasteiger partial charge is 0.302 e. The molecule has 0 atom stereocenters. The van der Waals surface area contributed by atoms with Crippen molar-refractivity contribution in [3.8, 4) is 0 Å². The van der Waals surface area contributed by atoms with Crippen molar-refractivity contribution in [3.63, 3.8) is 0 Å². The van der Waals surface area contributed by atoms with Gasteiger partial charge in [0.15, 0.2) is 15.9 Å². The molecule has 0 aliphatic heterocycles. The van der Waals surface area contributed by atoms with Crippen molar-refractivity contribution in [2.24, 2.45) is 0 Å². The summed E-state index contributed by atoms with van der Waals surface area (Å²) in [6.07, 6.45) is 0.374. The number of thiazole rings is 1. The molecule has 0 saturated carbocycles. The maximum Gasteiger partial charge on any atom is 0.226 e. The third-order valence-corrected chi connectivity index (χ3v) is 6.46. The zero-order chi connectivity index (χ0) is 19.8. The minimum atomic E-state index is -0.0491. The number of nitrogens with one attached hydrogen (secondary N) is 1. The fraction of sp³-hybridized carbons (Fsp3) is 0.143. The van der Waals surface area contributed by atoms with E-state index >= 15 is 0 Å². The summed E-state index contributed by atoms with van der Waals surface area (Å²) < 4.78 is 3.12. The highest BCUT2D eigenvalue weighted by Gasteiger charge is 2.12.